The van der Waals surface area contributed by atoms with Gasteiger partial charge >= 0.3 is 0 Å². The summed E-state index contributed by atoms with van der Waals surface area (Å²) in [5, 5.41) is 4.16. The molecule has 0 radical (unpaired) electrons. The van der Waals surface area contributed by atoms with E-state index in [0.29, 0.717) is 23.6 Å². The van der Waals surface area contributed by atoms with Gasteiger partial charge in [-0.3, -0.25) is 4.79 Å². The number of ketones is 1. The molecule has 3 rings (SSSR count). The van der Waals surface area contributed by atoms with Gasteiger partial charge in [0.1, 0.15) is 17.4 Å². The van der Waals surface area contributed by atoms with E-state index in [0.717, 1.165) is 5.75 Å². The molecule has 0 saturated carbocycles. The minimum absolute atomic E-state index is 0.204. The molecule has 2 N–H and O–H groups in total. The van der Waals surface area contributed by atoms with E-state index in [-0.39, 0.29) is 23.0 Å². The first-order chi connectivity index (χ1) is 14.6. The van der Waals surface area contributed by atoms with Crippen LogP contribution in [-0.2, 0) is 0 Å². The van der Waals surface area contributed by atoms with Crippen molar-refractivity contribution in [1.82, 2.24) is 9.78 Å². The van der Waals surface area contributed by atoms with Crippen LogP contribution in [0.3, 0.4) is 0 Å². The van der Waals surface area contributed by atoms with Crippen LogP contribution in [-0.4, -0.2) is 34.2 Å². The lowest BCUT2D eigenvalue weighted by molar-refractivity contribution is 0.103. The summed E-state index contributed by atoms with van der Waals surface area (Å²) < 4.78 is 20.1. The Morgan fingerprint density at radius 2 is 1.80 bits per heavy atom. The van der Waals surface area contributed by atoms with E-state index >= 15 is 0 Å². The standard InChI is InChI=1S/C19H18FN3O2S.2C2H6/c1-26-10-9-25-16-4-2-3-13(11-16)18(24)17-12-22-23(19(17)21)15-7-5-14(20)6-8-15;2*1-2/h2-8,11-12H,9-10,21H2,1H3;2*1-2H3. The highest BCUT2D eigenvalue weighted by atomic mass is 32.2. The molecule has 0 unspecified atom stereocenters. The molecule has 0 saturated heterocycles. The number of anilines is 1. The summed E-state index contributed by atoms with van der Waals surface area (Å²) in [6.45, 7) is 8.57. The van der Waals surface area contributed by atoms with E-state index in [9.17, 15) is 9.18 Å². The maximum atomic E-state index is 13.1. The Morgan fingerprint density at radius 1 is 1.13 bits per heavy atom. The largest absolute Gasteiger partial charge is 0.493 e. The van der Waals surface area contributed by atoms with E-state index in [1.165, 1.54) is 23.0 Å². The number of benzene rings is 2. The molecule has 0 atom stereocenters. The molecule has 2 aromatic carbocycles. The smallest absolute Gasteiger partial charge is 0.198 e. The summed E-state index contributed by atoms with van der Waals surface area (Å²) in [4.78, 5) is 12.8. The SMILES string of the molecule is CC.CC.CSCCOc1cccc(C(=O)c2cnn(-c3ccc(F)cc3)c2N)c1. The molecular formula is C23H30FN3O2S. The summed E-state index contributed by atoms with van der Waals surface area (Å²) in [5.41, 5.74) is 7.44. The molecule has 3 aromatic rings. The Hall–Kier alpha value is -2.80. The molecule has 0 fully saturated rings. The molecule has 0 aliphatic carbocycles. The van der Waals surface area contributed by atoms with Crippen LogP contribution in [0, 0.1) is 5.82 Å². The van der Waals surface area contributed by atoms with Gasteiger partial charge in [-0.15, -0.1) is 0 Å². The van der Waals surface area contributed by atoms with Crippen LogP contribution in [0.15, 0.2) is 54.7 Å². The van der Waals surface area contributed by atoms with Crippen molar-refractivity contribution in [2.75, 3.05) is 24.3 Å². The normalized spacial score (nSPS) is 9.67. The number of hydrogen-bond acceptors (Lipinski definition) is 5. The van der Waals surface area contributed by atoms with E-state index < -0.39 is 0 Å². The number of hydrogen-bond donors (Lipinski definition) is 1. The second kappa shape index (κ2) is 13.4. The number of nitrogens with two attached hydrogens (primary N) is 1. The second-order valence-corrected chi connectivity index (χ2v) is 6.52. The van der Waals surface area contributed by atoms with Crippen LogP contribution in [0.25, 0.3) is 5.69 Å². The van der Waals surface area contributed by atoms with Gasteiger partial charge in [-0.25, -0.2) is 9.07 Å². The molecule has 1 heterocycles. The Morgan fingerprint density at radius 3 is 2.43 bits per heavy atom. The molecule has 0 bridgehead atoms. The lowest BCUT2D eigenvalue weighted by Crippen LogP contribution is -2.08. The summed E-state index contributed by atoms with van der Waals surface area (Å²) in [6.07, 6.45) is 3.42. The fourth-order valence-corrected chi connectivity index (χ4v) is 2.70. The van der Waals surface area contributed by atoms with Gasteiger partial charge in [0, 0.05) is 11.3 Å². The first kappa shape index (κ1) is 25.2. The topological polar surface area (TPSA) is 70.1 Å². The summed E-state index contributed by atoms with van der Waals surface area (Å²) in [7, 11) is 0. The van der Waals surface area contributed by atoms with Gasteiger partial charge in [-0.05, 0) is 42.7 Å². The number of nitrogen functional groups attached to an aromatic ring is 1. The molecule has 0 aliphatic rings. The van der Waals surface area contributed by atoms with Crippen molar-refractivity contribution in [2.24, 2.45) is 0 Å². The number of ether oxygens (including phenoxy) is 1. The first-order valence-electron chi connectivity index (χ1n) is 9.96. The third-order valence-corrected chi connectivity index (χ3v) is 4.35. The van der Waals surface area contributed by atoms with Gasteiger partial charge in [0.05, 0.1) is 24.1 Å². The molecule has 162 valence electrons. The van der Waals surface area contributed by atoms with Crippen molar-refractivity contribution in [2.45, 2.75) is 27.7 Å². The number of nitrogens with zero attached hydrogens (tertiary/aromatic N) is 2. The van der Waals surface area contributed by atoms with Crippen LogP contribution in [0.2, 0.25) is 0 Å². The van der Waals surface area contributed by atoms with Crippen molar-refractivity contribution in [3.8, 4) is 11.4 Å². The van der Waals surface area contributed by atoms with Crippen LogP contribution in [0.1, 0.15) is 43.6 Å². The van der Waals surface area contributed by atoms with Crippen molar-refractivity contribution in [3.05, 3.63) is 71.7 Å². The van der Waals surface area contributed by atoms with E-state index in [1.54, 1.807) is 42.1 Å². The van der Waals surface area contributed by atoms with Crippen molar-refractivity contribution in [3.63, 3.8) is 0 Å². The van der Waals surface area contributed by atoms with Crippen LogP contribution < -0.4 is 10.5 Å². The molecule has 0 amide bonds. The minimum atomic E-state index is -0.353. The second-order valence-electron chi connectivity index (χ2n) is 5.53. The monoisotopic (exact) mass is 431 g/mol. The molecule has 5 nitrogen and oxygen atoms in total. The van der Waals surface area contributed by atoms with Gasteiger partial charge in [0.2, 0.25) is 0 Å². The molecule has 7 heteroatoms. The zero-order valence-corrected chi connectivity index (χ0v) is 19.0. The number of thioether (sulfide) groups is 1. The predicted octanol–water partition coefficient (Wildman–Crippen LogP) is 5.62. The van der Waals surface area contributed by atoms with Crippen LogP contribution in [0.5, 0.6) is 5.75 Å². The van der Waals surface area contributed by atoms with Gasteiger partial charge in [-0.1, -0.05) is 39.8 Å². The van der Waals surface area contributed by atoms with E-state index in [4.69, 9.17) is 10.5 Å². The Balaban J connectivity index is 0.00000106. The molecule has 0 aliphatic heterocycles. The highest BCUT2D eigenvalue weighted by Crippen LogP contribution is 2.22. The number of carbonyl (C=O) groups excluding carboxylic acids is 1. The first-order valence-corrected chi connectivity index (χ1v) is 11.4. The number of halogens is 1. The van der Waals surface area contributed by atoms with Crippen molar-refractivity contribution < 1.29 is 13.9 Å². The quantitative estimate of drug-likeness (QED) is 0.388. The van der Waals surface area contributed by atoms with Crippen molar-refractivity contribution in [1.29, 1.82) is 0 Å². The highest BCUT2D eigenvalue weighted by Gasteiger charge is 2.18. The van der Waals surface area contributed by atoms with Gasteiger partial charge in [-0.2, -0.15) is 16.9 Å². The van der Waals surface area contributed by atoms with E-state index in [1.807, 2.05) is 40.0 Å². The van der Waals surface area contributed by atoms with Crippen molar-refractivity contribution >= 4 is 23.4 Å². The third kappa shape index (κ3) is 6.62. The summed E-state index contributed by atoms with van der Waals surface area (Å²) in [6, 6.07) is 12.7. The van der Waals surface area contributed by atoms with Crippen LogP contribution >= 0.6 is 11.8 Å². The molecule has 1 aromatic heterocycles. The maximum absolute atomic E-state index is 13.1. The Bertz CT molecular complexity index is 911. The third-order valence-electron chi connectivity index (χ3n) is 3.77. The van der Waals surface area contributed by atoms with Gasteiger partial charge < -0.3 is 10.5 Å². The Labute approximate surface area is 182 Å². The fraction of sp³-hybridized carbons (Fsp3) is 0.304. The molecule has 0 spiro atoms. The minimum Gasteiger partial charge on any atom is -0.493 e. The average Bonchev–Trinajstić information content (AvgIpc) is 3.18. The number of rotatable bonds is 7. The van der Waals surface area contributed by atoms with E-state index in [2.05, 4.69) is 5.10 Å². The zero-order valence-electron chi connectivity index (χ0n) is 18.2. The highest BCUT2D eigenvalue weighted by molar-refractivity contribution is 7.98. The zero-order chi connectivity index (χ0) is 22.5. The van der Waals surface area contributed by atoms with Crippen LogP contribution in [0.4, 0.5) is 10.2 Å². The summed E-state index contributed by atoms with van der Waals surface area (Å²) in [5.74, 6) is 1.11. The number of carbonyl (C=O) groups is 1. The lowest BCUT2D eigenvalue weighted by Gasteiger charge is -2.07. The maximum Gasteiger partial charge on any atom is 0.198 e. The predicted molar refractivity (Wildman–Crippen MR) is 124 cm³/mol. The summed E-state index contributed by atoms with van der Waals surface area (Å²) >= 11 is 1.69. The Kier molecular flexibility index (Phi) is 11.3. The average molecular weight is 432 g/mol. The molecular weight excluding hydrogens is 401 g/mol. The fourth-order valence-electron chi connectivity index (χ4n) is 2.45. The lowest BCUT2D eigenvalue weighted by atomic mass is 10.1. The van der Waals surface area contributed by atoms with Gasteiger partial charge in [0.25, 0.3) is 0 Å². The number of aromatic nitrogens is 2. The molecule has 30 heavy (non-hydrogen) atoms. The van der Waals surface area contributed by atoms with Gasteiger partial charge in [0.15, 0.2) is 5.78 Å².